The molecule has 0 fully saturated rings. The summed E-state index contributed by atoms with van der Waals surface area (Å²) in [6.07, 6.45) is 4.41. The van der Waals surface area contributed by atoms with Gasteiger partial charge < -0.3 is 5.32 Å². The highest BCUT2D eigenvalue weighted by atomic mass is 79.9. The number of aromatic nitrogens is 5. The van der Waals surface area contributed by atoms with Crippen LogP contribution in [0.25, 0.3) is 0 Å². The molecule has 0 saturated heterocycles. The second-order valence-electron chi connectivity index (χ2n) is 4.67. The number of nitrogens with one attached hydrogen (secondary N) is 2. The van der Waals surface area contributed by atoms with E-state index in [0.717, 1.165) is 29.0 Å². The Balaban J connectivity index is 2.40. The van der Waals surface area contributed by atoms with Gasteiger partial charge in [-0.15, -0.1) is 0 Å². The van der Waals surface area contributed by atoms with E-state index in [1.165, 1.54) is 6.33 Å². The molecule has 2 rings (SSSR count). The predicted molar refractivity (Wildman–Crippen MR) is 76.8 cm³/mol. The van der Waals surface area contributed by atoms with Crippen LogP contribution in [0.5, 0.6) is 0 Å². The first kappa shape index (κ1) is 14.2. The van der Waals surface area contributed by atoms with Crippen molar-refractivity contribution in [3.63, 3.8) is 0 Å². The molecule has 0 aliphatic rings. The van der Waals surface area contributed by atoms with Gasteiger partial charge in [0.1, 0.15) is 18.2 Å². The molecule has 6 nitrogen and oxygen atoms in total. The van der Waals surface area contributed by atoms with E-state index in [1.54, 1.807) is 0 Å². The first-order chi connectivity index (χ1) is 9.15. The summed E-state index contributed by atoms with van der Waals surface area (Å²) in [6, 6.07) is 0.247. The summed E-state index contributed by atoms with van der Waals surface area (Å²) in [4.78, 5) is 4.28. The molecule has 2 heterocycles. The van der Waals surface area contributed by atoms with Crippen molar-refractivity contribution in [1.82, 2.24) is 30.3 Å². The first-order valence-corrected chi connectivity index (χ1v) is 7.26. The standard InChI is InChI=1S/C12H19BrN6/c1-4-5-14-10(12-15-7-16-18-12)11-9(13)6-17-19(11)8(2)3/h6-8,10,14H,4-5H2,1-3H3,(H,15,16,18). The van der Waals surface area contributed by atoms with Gasteiger partial charge in [-0.1, -0.05) is 6.92 Å². The van der Waals surface area contributed by atoms with E-state index in [9.17, 15) is 0 Å². The maximum atomic E-state index is 4.42. The maximum Gasteiger partial charge on any atom is 0.147 e. The third-order valence-electron chi connectivity index (χ3n) is 2.86. The van der Waals surface area contributed by atoms with Gasteiger partial charge in [0.2, 0.25) is 0 Å². The van der Waals surface area contributed by atoms with E-state index in [4.69, 9.17) is 0 Å². The minimum Gasteiger partial charge on any atom is -0.302 e. The number of aromatic amines is 1. The molecule has 7 heteroatoms. The normalized spacial score (nSPS) is 13.1. The van der Waals surface area contributed by atoms with Crippen molar-refractivity contribution in [2.45, 2.75) is 39.3 Å². The molecule has 0 aliphatic heterocycles. The van der Waals surface area contributed by atoms with Gasteiger partial charge >= 0.3 is 0 Å². The summed E-state index contributed by atoms with van der Waals surface area (Å²) in [5.41, 5.74) is 1.07. The molecular formula is C12H19BrN6. The average molecular weight is 327 g/mol. The minimum absolute atomic E-state index is 0.0401. The number of hydrogen-bond acceptors (Lipinski definition) is 4. The van der Waals surface area contributed by atoms with Crippen LogP contribution < -0.4 is 5.32 Å². The van der Waals surface area contributed by atoms with Crippen LogP contribution in [0.1, 0.15) is 50.8 Å². The highest BCUT2D eigenvalue weighted by molar-refractivity contribution is 9.10. The lowest BCUT2D eigenvalue weighted by Crippen LogP contribution is -2.27. The molecule has 1 unspecified atom stereocenters. The van der Waals surface area contributed by atoms with Gasteiger partial charge in [0, 0.05) is 6.04 Å². The monoisotopic (exact) mass is 326 g/mol. The van der Waals surface area contributed by atoms with Crippen molar-refractivity contribution in [3.8, 4) is 0 Å². The number of rotatable bonds is 6. The Bertz CT molecular complexity index is 504. The zero-order valence-electron chi connectivity index (χ0n) is 11.4. The summed E-state index contributed by atoms with van der Waals surface area (Å²) >= 11 is 3.58. The Morgan fingerprint density at radius 2 is 2.26 bits per heavy atom. The number of halogens is 1. The van der Waals surface area contributed by atoms with Crippen molar-refractivity contribution in [3.05, 3.63) is 28.5 Å². The van der Waals surface area contributed by atoms with Crippen molar-refractivity contribution in [2.75, 3.05) is 6.54 Å². The highest BCUT2D eigenvalue weighted by Gasteiger charge is 2.24. The Hall–Kier alpha value is -1.21. The molecule has 2 aromatic rings. The summed E-state index contributed by atoms with van der Waals surface area (Å²) in [6.45, 7) is 7.26. The second kappa shape index (κ2) is 6.29. The van der Waals surface area contributed by atoms with Crippen molar-refractivity contribution < 1.29 is 0 Å². The molecule has 1 atom stereocenters. The fraction of sp³-hybridized carbons (Fsp3) is 0.583. The smallest absolute Gasteiger partial charge is 0.147 e. The number of hydrogen-bond donors (Lipinski definition) is 2. The lowest BCUT2D eigenvalue weighted by atomic mass is 10.1. The Morgan fingerprint density at radius 1 is 1.47 bits per heavy atom. The Morgan fingerprint density at radius 3 is 2.84 bits per heavy atom. The molecule has 0 aliphatic carbocycles. The zero-order valence-corrected chi connectivity index (χ0v) is 13.0. The molecular weight excluding hydrogens is 308 g/mol. The lowest BCUT2D eigenvalue weighted by Gasteiger charge is -2.20. The fourth-order valence-electron chi connectivity index (χ4n) is 2.00. The van der Waals surface area contributed by atoms with Gasteiger partial charge in [0.05, 0.1) is 16.4 Å². The van der Waals surface area contributed by atoms with Crippen LogP contribution >= 0.6 is 15.9 Å². The van der Waals surface area contributed by atoms with E-state index in [-0.39, 0.29) is 12.1 Å². The van der Waals surface area contributed by atoms with E-state index in [1.807, 2.05) is 10.9 Å². The molecule has 0 amide bonds. The van der Waals surface area contributed by atoms with Gasteiger partial charge in [0.25, 0.3) is 0 Å². The Kier molecular flexibility index (Phi) is 4.71. The molecule has 2 N–H and O–H groups in total. The van der Waals surface area contributed by atoms with Gasteiger partial charge in [-0.25, -0.2) is 4.98 Å². The molecule has 0 spiro atoms. The summed E-state index contributed by atoms with van der Waals surface area (Å²) in [5.74, 6) is 0.802. The molecule has 19 heavy (non-hydrogen) atoms. The average Bonchev–Trinajstić information content (AvgIpc) is 3.01. The van der Waals surface area contributed by atoms with Crippen LogP contribution in [0, 0.1) is 0 Å². The van der Waals surface area contributed by atoms with Crippen LogP contribution in [0.2, 0.25) is 0 Å². The largest absolute Gasteiger partial charge is 0.302 e. The van der Waals surface area contributed by atoms with E-state index in [2.05, 4.69) is 62.3 Å². The zero-order chi connectivity index (χ0) is 13.8. The predicted octanol–water partition coefficient (Wildman–Crippen LogP) is 2.43. The van der Waals surface area contributed by atoms with Crippen LogP contribution in [0.3, 0.4) is 0 Å². The third-order valence-corrected chi connectivity index (χ3v) is 3.47. The van der Waals surface area contributed by atoms with Crippen molar-refractivity contribution >= 4 is 15.9 Å². The summed E-state index contributed by atoms with van der Waals surface area (Å²) < 4.78 is 2.98. The van der Waals surface area contributed by atoms with Crippen LogP contribution in [0.15, 0.2) is 17.0 Å². The van der Waals surface area contributed by atoms with Gasteiger partial charge in [0.15, 0.2) is 0 Å². The molecule has 2 aromatic heterocycles. The van der Waals surface area contributed by atoms with Gasteiger partial charge in [-0.3, -0.25) is 9.78 Å². The summed E-state index contributed by atoms with van der Waals surface area (Å²) in [7, 11) is 0. The molecule has 104 valence electrons. The van der Waals surface area contributed by atoms with Crippen LogP contribution in [0.4, 0.5) is 0 Å². The highest BCUT2D eigenvalue weighted by Crippen LogP contribution is 2.28. The quantitative estimate of drug-likeness (QED) is 0.855. The second-order valence-corrected chi connectivity index (χ2v) is 5.53. The topological polar surface area (TPSA) is 71.4 Å². The first-order valence-electron chi connectivity index (χ1n) is 6.46. The fourth-order valence-corrected chi connectivity index (χ4v) is 2.50. The van der Waals surface area contributed by atoms with Gasteiger partial charge in [-0.05, 0) is 42.7 Å². The number of nitrogens with zero attached hydrogens (tertiary/aromatic N) is 4. The Labute approximate surface area is 121 Å². The molecule has 0 radical (unpaired) electrons. The van der Waals surface area contributed by atoms with Crippen molar-refractivity contribution in [1.29, 1.82) is 0 Å². The van der Waals surface area contributed by atoms with E-state index < -0.39 is 0 Å². The molecule has 0 bridgehead atoms. The minimum atomic E-state index is -0.0401. The van der Waals surface area contributed by atoms with Crippen molar-refractivity contribution in [2.24, 2.45) is 0 Å². The van der Waals surface area contributed by atoms with Gasteiger partial charge in [-0.2, -0.15) is 10.2 Å². The maximum absolute atomic E-state index is 4.42. The number of H-pyrrole nitrogens is 1. The third kappa shape index (κ3) is 3.03. The van der Waals surface area contributed by atoms with Crippen LogP contribution in [-0.4, -0.2) is 31.5 Å². The summed E-state index contributed by atoms with van der Waals surface area (Å²) in [5, 5.41) is 14.8. The van der Waals surface area contributed by atoms with E-state index in [0.29, 0.717) is 0 Å². The SMILES string of the molecule is CCCNC(c1ncn[nH]1)c1c(Br)cnn1C(C)C. The molecule has 0 aromatic carbocycles. The molecule has 0 saturated carbocycles. The van der Waals surface area contributed by atoms with Crippen LogP contribution in [-0.2, 0) is 0 Å². The van der Waals surface area contributed by atoms with E-state index >= 15 is 0 Å². The lowest BCUT2D eigenvalue weighted by molar-refractivity contribution is 0.462.